The van der Waals surface area contributed by atoms with Crippen molar-refractivity contribution in [2.45, 2.75) is 46.1 Å². The maximum absolute atomic E-state index is 11.0. The Morgan fingerprint density at radius 3 is 2.71 bits per heavy atom. The molecular formula is C13H19NO3. The average molecular weight is 237 g/mol. The molecule has 1 N–H and O–H groups in total. The van der Waals surface area contributed by atoms with E-state index in [1.54, 1.807) is 6.07 Å². The third-order valence-corrected chi connectivity index (χ3v) is 2.50. The highest BCUT2D eigenvalue weighted by atomic mass is 16.5. The molecule has 0 spiro atoms. The van der Waals surface area contributed by atoms with E-state index in [1.165, 1.54) is 0 Å². The SMILES string of the molecule is CCCC(Oc1ccc(C)nc1CC)C(=O)O. The topological polar surface area (TPSA) is 59.4 Å². The predicted octanol–water partition coefficient (Wildman–Crippen LogP) is 2.58. The highest BCUT2D eigenvalue weighted by molar-refractivity contribution is 5.72. The fourth-order valence-corrected chi connectivity index (χ4v) is 1.61. The smallest absolute Gasteiger partial charge is 0.344 e. The van der Waals surface area contributed by atoms with Crippen LogP contribution >= 0.6 is 0 Å². The second-order valence-electron chi connectivity index (χ2n) is 3.98. The second kappa shape index (κ2) is 6.23. The van der Waals surface area contributed by atoms with E-state index < -0.39 is 12.1 Å². The number of nitrogens with zero attached hydrogens (tertiary/aromatic N) is 1. The normalized spacial score (nSPS) is 12.2. The van der Waals surface area contributed by atoms with Gasteiger partial charge in [-0.15, -0.1) is 0 Å². The van der Waals surface area contributed by atoms with Crippen molar-refractivity contribution in [1.82, 2.24) is 4.98 Å². The lowest BCUT2D eigenvalue weighted by molar-refractivity contribution is -0.145. The number of hydrogen-bond donors (Lipinski definition) is 1. The molecule has 1 aromatic heterocycles. The van der Waals surface area contributed by atoms with Gasteiger partial charge >= 0.3 is 5.97 Å². The largest absolute Gasteiger partial charge is 0.479 e. The molecule has 0 amide bonds. The molecule has 0 aliphatic rings. The number of pyridine rings is 1. The molecule has 1 atom stereocenters. The lowest BCUT2D eigenvalue weighted by Gasteiger charge is -2.16. The van der Waals surface area contributed by atoms with Gasteiger partial charge < -0.3 is 9.84 Å². The molecular weight excluding hydrogens is 218 g/mol. The van der Waals surface area contributed by atoms with Crippen molar-refractivity contribution in [3.8, 4) is 5.75 Å². The van der Waals surface area contributed by atoms with Gasteiger partial charge in [-0.2, -0.15) is 0 Å². The summed E-state index contributed by atoms with van der Waals surface area (Å²) in [5.41, 5.74) is 1.73. The van der Waals surface area contributed by atoms with E-state index in [4.69, 9.17) is 9.84 Å². The number of ether oxygens (including phenoxy) is 1. The summed E-state index contributed by atoms with van der Waals surface area (Å²) in [4.78, 5) is 15.4. The van der Waals surface area contributed by atoms with Gasteiger partial charge in [0.15, 0.2) is 6.10 Å². The number of carbonyl (C=O) groups is 1. The van der Waals surface area contributed by atoms with Crippen molar-refractivity contribution in [3.63, 3.8) is 0 Å². The Morgan fingerprint density at radius 1 is 1.47 bits per heavy atom. The lowest BCUT2D eigenvalue weighted by Crippen LogP contribution is -2.27. The third-order valence-electron chi connectivity index (χ3n) is 2.50. The molecule has 17 heavy (non-hydrogen) atoms. The first-order valence-electron chi connectivity index (χ1n) is 5.94. The molecule has 4 heteroatoms. The molecule has 0 aromatic carbocycles. The quantitative estimate of drug-likeness (QED) is 0.826. The summed E-state index contributed by atoms with van der Waals surface area (Å²) in [6.45, 7) is 5.82. The van der Waals surface area contributed by atoms with E-state index in [1.807, 2.05) is 26.8 Å². The van der Waals surface area contributed by atoms with Gasteiger partial charge in [0.05, 0.1) is 5.69 Å². The van der Waals surface area contributed by atoms with Gasteiger partial charge in [-0.3, -0.25) is 4.98 Å². The lowest BCUT2D eigenvalue weighted by atomic mass is 10.2. The summed E-state index contributed by atoms with van der Waals surface area (Å²) in [7, 11) is 0. The Bertz CT molecular complexity index is 390. The minimum absolute atomic E-state index is 0.506. The molecule has 0 saturated heterocycles. The monoisotopic (exact) mass is 237 g/mol. The Hall–Kier alpha value is -1.58. The van der Waals surface area contributed by atoms with Gasteiger partial charge in [-0.1, -0.05) is 20.3 Å². The van der Waals surface area contributed by atoms with Crippen LogP contribution in [0.15, 0.2) is 12.1 Å². The highest BCUT2D eigenvalue weighted by Crippen LogP contribution is 2.20. The van der Waals surface area contributed by atoms with Crippen LogP contribution in [0.5, 0.6) is 5.75 Å². The van der Waals surface area contributed by atoms with E-state index in [2.05, 4.69) is 4.98 Å². The van der Waals surface area contributed by atoms with Crippen LogP contribution in [0.1, 0.15) is 38.1 Å². The van der Waals surface area contributed by atoms with Crippen molar-refractivity contribution in [3.05, 3.63) is 23.5 Å². The summed E-state index contributed by atoms with van der Waals surface area (Å²) in [6.07, 6.45) is 1.23. The van der Waals surface area contributed by atoms with Crippen LogP contribution < -0.4 is 4.74 Å². The third kappa shape index (κ3) is 3.73. The van der Waals surface area contributed by atoms with Crippen molar-refractivity contribution in [2.75, 3.05) is 0 Å². The molecule has 94 valence electrons. The number of aryl methyl sites for hydroxylation is 2. The highest BCUT2D eigenvalue weighted by Gasteiger charge is 2.19. The number of hydrogen-bond acceptors (Lipinski definition) is 3. The first-order valence-corrected chi connectivity index (χ1v) is 5.94. The maximum Gasteiger partial charge on any atom is 0.344 e. The Morgan fingerprint density at radius 2 is 2.18 bits per heavy atom. The molecule has 0 aliphatic carbocycles. The first kappa shape index (κ1) is 13.5. The number of aromatic nitrogens is 1. The Balaban J connectivity index is 2.88. The average Bonchev–Trinajstić information content (AvgIpc) is 2.30. The van der Waals surface area contributed by atoms with Crippen molar-refractivity contribution in [1.29, 1.82) is 0 Å². The van der Waals surface area contributed by atoms with Crippen LogP contribution in [0.4, 0.5) is 0 Å². The van der Waals surface area contributed by atoms with E-state index in [-0.39, 0.29) is 0 Å². The van der Waals surface area contributed by atoms with Gasteiger partial charge in [-0.25, -0.2) is 4.79 Å². The van der Waals surface area contributed by atoms with Gasteiger partial charge in [0.2, 0.25) is 0 Å². The minimum atomic E-state index is -0.922. The summed E-state index contributed by atoms with van der Waals surface area (Å²) in [5.74, 6) is -0.339. The molecule has 4 nitrogen and oxygen atoms in total. The van der Waals surface area contributed by atoms with Crippen LogP contribution in [0.25, 0.3) is 0 Å². The maximum atomic E-state index is 11.0. The minimum Gasteiger partial charge on any atom is -0.479 e. The van der Waals surface area contributed by atoms with E-state index >= 15 is 0 Å². The van der Waals surface area contributed by atoms with Gasteiger partial charge in [0.1, 0.15) is 5.75 Å². The molecule has 1 unspecified atom stereocenters. The second-order valence-corrected chi connectivity index (χ2v) is 3.98. The molecule has 0 radical (unpaired) electrons. The van der Waals surface area contributed by atoms with Gasteiger partial charge in [0.25, 0.3) is 0 Å². The fraction of sp³-hybridized carbons (Fsp3) is 0.538. The van der Waals surface area contributed by atoms with Crippen molar-refractivity contribution >= 4 is 5.97 Å². The Kier molecular flexibility index (Phi) is 4.94. The number of rotatable bonds is 6. The van der Waals surface area contributed by atoms with Crippen LogP contribution in [0.3, 0.4) is 0 Å². The van der Waals surface area contributed by atoms with E-state index in [0.29, 0.717) is 12.2 Å². The number of carboxylic acids is 1. The van der Waals surface area contributed by atoms with E-state index in [9.17, 15) is 4.79 Å². The molecule has 1 heterocycles. The zero-order valence-electron chi connectivity index (χ0n) is 10.6. The van der Waals surface area contributed by atoms with Gasteiger partial charge in [-0.05, 0) is 31.9 Å². The van der Waals surface area contributed by atoms with Crippen LogP contribution in [0.2, 0.25) is 0 Å². The molecule has 0 fully saturated rings. The zero-order valence-corrected chi connectivity index (χ0v) is 10.6. The first-order chi connectivity index (χ1) is 8.08. The number of aliphatic carboxylic acids is 1. The molecule has 1 aromatic rings. The van der Waals surface area contributed by atoms with Crippen molar-refractivity contribution < 1.29 is 14.6 Å². The summed E-state index contributed by atoms with van der Waals surface area (Å²) in [5, 5.41) is 9.04. The van der Waals surface area contributed by atoms with Crippen molar-refractivity contribution in [2.24, 2.45) is 0 Å². The summed E-state index contributed by atoms with van der Waals surface area (Å²) in [6, 6.07) is 3.63. The molecule has 0 aliphatic heterocycles. The predicted molar refractivity (Wildman–Crippen MR) is 65.3 cm³/mol. The van der Waals surface area contributed by atoms with Crippen LogP contribution in [0, 0.1) is 6.92 Å². The summed E-state index contributed by atoms with van der Waals surface area (Å²) >= 11 is 0. The molecule has 0 saturated carbocycles. The zero-order chi connectivity index (χ0) is 12.8. The van der Waals surface area contributed by atoms with Crippen LogP contribution in [-0.4, -0.2) is 22.2 Å². The fourth-order valence-electron chi connectivity index (χ4n) is 1.61. The van der Waals surface area contributed by atoms with Crippen LogP contribution in [-0.2, 0) is 11.2 Å². The standard InChI is InChI=1S/C13H19NO3/c1-4-6-12(13(15)16)17-11-8-7-9(3)14-10(11)5-2/h7-8,12H,4-6H2,1-3H3,(H,15,16). The van der Waals surface area contributed by atoms with Gasteiger partial charge in [0, 0.05) is 5.69 Å². The Labute approximate surface area is 102 Å². The number of carboxylic acid groups (broad SMARTS) is 1. The molecule has 0 bridgehead atoms. The molecule has 1 rings (SSSR count). The summed E-state index contributed by atoms with van der Waals surface area (Å²) < 4.78 is 5.53. The van der Waals surface area contributed by atoms with E-state index in [0.717, 1.165) is 24.2 Å².